The fourth-order valence-electron chi connectivity index (χ4n) is 2.57. The van der Waals surface area contributed by atoms with E-state index in [1.165, 1.54) is 7.11 Å². The molecule has 0 radical (unpaired) electrons. The molecule has 1 aromatic rings. The fourth-order valence-corrected chi connectivity index (χ4v) is 2.57. The summed E-state index contributed by atoms with van der Waals surface area (Å²) < 4.78 is 6.56. The first-order valence-electron chi connectivity index (χ1n) is 6.58. The van der Waals surface area contributed by atoms with Crippen molar-refractivity contribution in [1.29, 1.82) is 0 Å². The number of aryl methyl sites for hydroxylation is 1. The quantitative estimate of drug-likeness (QED) is 0.807. The predicted octanol–water partition coefficient (Wildman–Crippen LogP) is 0.512. The highest BCUT2D eigenvalue weighted by atomic mass is 16.5. The molecular formula is C13H17N3O3. The minimum atomic E-state index is -0.421. The molecule has 102 valence electrons. The molecule has 1 saturated carbocycles. The highest BCUT2D eigenvalue weighted by Crippen LogP contribution is 2.48. The first-order chi connectivity index (χ1) is 9.14. The first-order valence-corrected chi connectivity index (χ1v) is 6.58. The molecule has 0 bridgehead atoms. The summed E-state index contributed by atoms with van der Waals surface area (Å²) in [5.74, 6) is -0.246. The van der Waals surface area contributed by atoms with Crippen LogP contribution in [0, 0.1) is 5.41 Å². The van der Waals surface area contributed by atoms with Gasteiger partial charge in [0.1, 0.15) is 0 Å². The molecule has 6 nitrogen and oxygen atoms in total. The van der Waals surface area contributed by atoms with Crippen molar-refractivity contribution in [2.24, 2.45) is 5.41 Å². The number of hydrogen-bond acceptors (Lipinski definition) is 4. The number of nitrogens with zero attached hydrogens (tertiary/aromatic N) is 2. The van der Waals surface area contributed by atoms with Gasteiger partial charge in [-0.3, -0.25) is 14.3 Å². The maximum Gasteiger partial charge on any atom is 0.313 e. The zero-order valence-electron chi connectivity index (χ0n) is 10.9. The summed E-state index contributed by atoms with van der Waals surface area (Å²) >= 11 is 0. The summed E-state index contributed by atoms with van der Waals surface area (Å²) in [6, 6.07) is 0. The summed E-state index contributed by atoms with van der Waals surface area (Å²) in [5.41, 5.74) is 1.05. The molecule has 2 heterocycles. The number of esters is 1. The van der Waals surface area contributed by atoms with E-state index in [-0.39, 0.29) is 11.9 Å². The van der Waals surface area contributed by atoms with E-state index in [4.69, 9.17) is 4.74 Å². The number of ether oxygens (including phenoxy) is 1. The zero-order valence-corrected chi connectivity index (χ0v) is 10.9. The Morgan fingerprint density at radius 2 is 2.37 bits per heavy atom. The Labute approximate surface area is 111 Å². The Morgan fingerprint density at radius 3 is 3.05 bits per heavy atom. The van der Waals surface area contributed by atoms with Gasteiger partial charge in [0.05, 0.1) is 30.3 Å². The van der Waals surface area contributed by atoms with Crippen LogP contribution in [0.15, 0.2) is 6.20 Å². The van der Waals surface area contributed by atoms with Crippen molar-refractivity contribution in [3.8, 4) is 0 Å². The zero-order chi connectivity index (χ0) is 13.5. The molecule has 2 aliphatic rings. The van der Waals surface area contributed by atoms with Crippen LogP contribution in [-0.4, -0.2) is 35.3 Å². The lowest BCUT2D eigenvalue weighted by Gasteiger charge is -2.12. The SMILES string of the molecule is COC(=O)C1(Cn2cc3c(n2)CCCNC3=O)CC1. The lowest BCUT2D eigenvalue weighted by atomic mass is 10.1. The van der Waals surface area contributed by atoms with Crippen molar-refractivity contribution in [2.45, 2.75) is 32.2 Å². The van der Waals surface area contributed by atoms with Crippen LogP contribution in [0.3, 0.4) is 0 Å². The average molecular weight is 263 g/mol. The van der Waals surface area contributed by atoms with E-state index in [9.17, 15) is 9.59 Å². The third-order valence-electron chi connectivity index (χ3n) is 3.90. The third kappa shape index (κ3) is 2.11. The lowest BCUT2D eigenvalue weighted by Crippen LogP contribution is -2.24. The largest absolute Gasteiger partial charge is 0.469 e. The van der Waals surface area contributed by atoms with Crippen molar-refractivity contribution in [1.82, 2.24) is 15.1 Å². The summed E-state index contributed by atoms with van der Waals surface area (Å²) in [6.45, 7) is 1.20. The Morgan fingerprint density at radius 1 is 1.58 bits per heavy atom. The number of amides is 1. The van der Waals surface area contributed by atoms with E-state index < -0.39 is 5.41 Å². The summed E-state index contributed by atoms with van der Waals surface area (Å²) in [4.78, 5) is 23.6. The molecule has 0 unspecified atom stereocenters. The van der Waals surface area contributed by atoms with E-state index in [1.54, 1.807) is 10.9 Å². The molecule has 1 aliphatic carbocycles. The highest BCUT2D eigenvalue weighted by molar-refractivity contribution is 5.95. The number of hydrogen-bond donors (Lipinski definition) is 1. The van der Waals surface area contributed by atoms with Gasteiger partial charge in [-0.2, -0.15) is 5.10 Å². The monoisotopic (exact) mass is 263 g/mol. The van der Waals surface area contributed by atoms with Crippen molar-refractivity contribution in [3.63, 3.8) is 0 Å². The standard InChI is InChI=1S/C13H17N3O3/c1-19-12(18)13(4-5-13)8-16-7-9-10(15-16)3-2-6-14-11(9)17/h7H,2-6,8H2,1H3,(H,14,17). The van der Waals surface area contributed by atoms with E-state index in [0.29, 0.717) is 18.7 Å². The molecule has 1 aromatic heterocycles. The molecule has 0 saturated heterocycles. The summed E-state index contributed by atoms with van der Waals surface area (Å²) in [6.07, 6.45) is 5.11. The number of carbonyl (C=O) groups is 2. The van der Waals surface area contributed by atoms with Crippen LogP contribution >= 0.6 is 0 Å². The third-order valence-corrected chi connectivity index (χ3v) is 3.90. The number of fused-ring (bicyclic) bond motifs is 1. The van der Waals surface area contributed by atoms with Crippen LogP contribution in [0.1, 0.15) is 35.3 Å². The number of methoxy groups -OCH3 is 1. The van der Waals surface area contributed by atoms with Crippen molar-refractivity contribution >= 4 is 11.9 Å². The Bertz CT molecular complexity index is 531. The van der Waals surface area contributed by atoms with Crippen LogP contribution < -0.4 is 5.32 Å². The molecule has 6 heteroatoms. The van der Waals surface area contributed by atoms with Gasteiger partial charge >= 0.3 is 5.97 Å². The van der Waals surface area contributed by atoms with Gasteiger partial charge in [-0.15, -0.1) is 0 Å². The minimum Gasteiger partial charge on any atom is -0.469 e. The van der Waals surface area contributed by atoms with Gasteiger partial charge in [0.2, 0.25) is 0 Å². The van der Waals surface area contributed by atoms with Gasteiger partial charge in [0, 0.05) is 12.7 Å². The maximum absolute atomic E-state index is 11.8. The van der Waals surface area contributed by atoms with E-state index in [2.05, 4.69) is 10.4 Å². The highest BCUT2D eigenvalue weighted by Gasteiger charge is 2.51. The molecule has 0 aromatic carbocycles. The second kappa shape index (κ2) is 4.36. The second-order valence-corrected chi connectivity index (χ2v) is 5.32. The van der Waals surface area contributed by atoms with Gasteiger partial charge in [0.15, 0.2) is 0 Å². The van der Waals surface area contributed by atoms with E-state index >= 15 is 0 Å². The average Bonchev–Trinajstić information content (AvgIpc) is 3.11. The van der Waals surface area contributed by atoms with Gasteiger partial charge in [0.25, 0.3) is 5.91 Å². The first kappa shape index (κ1) is 12.2. The molecule has 3 rings (SSSR count). The smallest absolute Gasteiger partial charge is 0.313 e. The molecule has 0 atom stereocenters. The molecule has 1 aliphatic heterocycles. The Hall–Kier alpha value is -1.85. The van der Waals surface area contributed by atoms with Crippen LogP contribution in [0.25, 0.3) is 0 Å². The van der Waals surface area contributed by atoms with E-state index in [1.807, 2.05) is 0 Å². The number of rotatable bonds is 3. The number of aromatic nitrogens is 2. The van der Waals surface area contributed by atoms with Crippen LogP contribution in [-0.2, 0) is 22.5 Å². The van der Waals surface area contributed by atoms with Gasteiger partial charge in [-0.05, 0) is 25.7 Å². The van der Waals surface area contributed by atoms with Gasteiger partial charge < -0.3 is 10.1 Å². The molecule has 1 N–H and O–H groups in total. The Kier molecular flexibility index (Phi) is 2.80. The fraction of sp³-hybridized carbons (Fsp3) is 0.615. The Balaban J connectivity index is 1.82. The van der Waals surface area contributed by atoms with Gasteiger partial charge in [-0.25, -0.2) is 0 Å². The summed E-state index contributed by atoms with van der Waals surface area (Å²) in [5, 5.41) is 7.29. The number of nitrogens with one attached hydrogen (secondary N) is 1. The molecule has 0 spiro atoms. The molecule has 1 fully saturated rings. The minimum absolute atomic E-state index is 0.0679. The molecule has 19 heavy (non-hydrogen) atoms. The van der Waals surface area contributed by atoms with E-state index in [0.717, 1.165) is 31.4 Å². The van der Waals surface area contributed by atoms with Crippen LogP contribution in [0.5, 0.6) is 0 Å². The van der Waals surface area contributed by atoms with Gasteiger partial charge in [-0.1, -0.05) is 0 Å². The number of carbonyl (C=O) groups excluding carboxylic acids is 2. The van der Waals surface area contributed by atoms with Crippen molar-refractivity contribution in [3.05, 3.63) is 17.5 Å². The lowest BCUT2D eigenvalue weighted by molar-refractivity contribution is -0.147. The maximum atomic E-state index is 11.8. The predicted molar refractivity (Wildman–Crippen MR) is 66.6 cm³/mol. The van der Waals surface area contributed by atoms with Crippen molar-refractivity contribution < 1.29 is 14.3 Å². The summed E-state index contributed by atoms with van der Waals surface area (Å²) in [7, 11) is 1.41. The normalized spacial score (nSPS) is 20.2. The molecule has 1 amide bonds. The topological polar surface area (TPSA) is 73.2 Å². The van der Waals surface area contributed by atoms with Crippen LogP contribution in [0.2, 0.25) is 0 Å². The second-order valence-electron chi connectivity index (χ2n) is 5.32. The van der Waals surface area contributed by atoms with Crippen LogP contribution in [0.4, 0.5) is 0 Å². The van der Waals surface area contributed by atoms with Crippen molar-refractivity contribution in [2.75, 3.05) is 13.7 Å². The molecular weight excluding hydrogens is 246 g/mol.